The summed E-state index contributed by atoms with van der Waals surface area (Å²) >= 11 is 0. The average Bonchev–Trinajstić information content (AvgIpc) is 3.08. The van der Waals surface area contributed by atoms with Gasteiger partial charge in [0.1, 0.15) is 0 Å². The second kappa shape index (κ2) is 10.1. The van der Waals surface area contributed by atoms with Crippen LogP contribution in [0.15, 0.2) is 79.0 Å². The number of rotatable bonds is 10. The Morgan fingerprint density at radius 3 is 2.19 bits per heavy atom. The number of aromatic nitrogens is 1. The zero-order valence-electron chi connectivity index (χ0n) is 15.9. The lowest BCUT2D eigenvalue weighted by Gasteiger charge is -2.25. The molecule has 0 saturated carbocycles. The van der Waals surface area contributed by atoms with Crippen molar-refractivity contribution in [2.45, 2.75) is 25.8 Å². The molecule has 0 spiro atoms. The molecule has 3 rings (SSSR count). The molecule has 0 amide bonds. The summed E-state index contributed by atoms with van der Waals surface area (Å²) in [5.41, 5.74) is 3.59. The van der Waals surface area contributed by atoms with Crippen molar-refractivity contribution in [3.63, 3.8) is 0 Å². The Kier molecular flexibility index (Phi) is 7.22. The first-order valence-corrected chi connectivity index (χ1v) is 9.37. The maximum Gasteiger partial charge on any atom is 0.0900 e. The van der Waals surface area contributed by atoms with Crippen molar-refractivity contribution in [1.82, 2.24) is 9.47 Å². The van der Waals surface area contributed by atoms with Crippen LogP contribution < -0.4 is 0 Å². The van der Waals surface area contributed by atoms with Gasteiger partial charge in [-0.3, -0.25) is 4.90 Å². The van der Waals surface area contributed by atoms with E-state index in [4.69, 9.17) is 4.74 Å². The van der Waals surface area contributed by atoms with E-state index in [1.807, 2.05) is 36.4 Å². The van der Waals surface area contributed by atoms with Crippen LogP contribution in [0, 0.1) is 0 Å². The normalized spacial score (nSPS) is 12.4. The number of aryl methyl sites for hydroxylation is 1. The highest BCUT2D eigenvalue weighted by Gasteiger charge is 2.14. The molecule has 1 atom stereocenters. The number of aliphatic hydroxyl groups is 1. The summed E-state index contributed by atoms with van der Waals surface area (Å²) in [6.07, 6.45) is 1.52. The summed E-state index contributed by atoms with van der Waals surface area (Å²) in [6.45, 7) is 2.99. The lowest BCUT2D eigenvalue weighted by molar-refractivity contribution is 0.00681. The molecule has 3 aromatic rings. The lowest BCUT2D eigenvalue weighted by Crippen LogP contribution is -2.34. The second-order valence-electron chi connectivity index (χ2n) is 6.92. The zero-order chi connectivity index (χ0) is 18.9. The van der Waals surface area contributed by atoms with Crippen molar-refractivity contribution in [2.24, 2.45) is 7.05 Å². The molecule has 1 heterocycles. The van der Waals surface area contributed by atoms with E-state index in [-0.39, 0.29) is 0 Å². The third kappa shape index (κ3) is 6.36. The fraction of sp³-hybridized carbons (Fsp3) is 0.304. The third-order valence-corrected chi connectivity index (χ3v) is 4.58. The highest BCUT2D eigenvalue weighted by atomic mass is 16.5. The molecule has 4 heteroatoms. The Bertz CT molecular complexity index is 786. The monoisotopic (exact) mass is 364 g/mol. The standard InChI is InChI=1S/C23H28N2O2/c1-24-14-8-13-22(24)16-25(15-20-9-4-2-5-10-20)17-23(26)19-27-18-21-11-6-3-7-12-21/h2-14,23,26H,15-19H2,1H3/t23-/m1/s1. The van der Waals surface area contributed by atoms with E-state index < -0.39 is 6.10 Å². The molecule has 0 aliphatic carbocycles. The van der Waals surface area contributed by atoms with Crippen molar-refractivity contribution in [1.29, 1.82) is 0 Å². The number of ether oxygens (including phenoxy) is 1. The molecular formula is C23H28N2O2. The van der Waals surface area contributed by atoms with Gasteiger partial charge in [0.05, 0.1) is 19.3 Å². The van der Waals surface area contributed by atoms with E-state index in [2.05, 4.69) is 59.1 Å². The highest BCUT2D eigenvalue weighted by Crippen LogP contribution is 2.11. The van der Waals surface area contributed by atoms with Gasteiger partial charge in [-0.1, -0.05) is 60.7 Å². The van der Waals surface area contributed by atoms with E-state index in [0.29, 0.717) is 19.8 Å². The molecule has 0 radical (unpaired) electrons. The van der Waals surface area contributed by atoms with Crippen LogP contribution in [0.4, 0.5) is 0 Å². The van der Waals surface area contributed by atoms with Gasteiger partial charge in [-0.25, -0.2) is 0 Å². The van der Waals surface area contributed by atoms with Crippen molar-refractivity contribution in [2.75, 3.05) is 13.2 Å². The lowest BCUT2D eigenvalue weighted by atomic mass is 10.2. The van der Waals surface area contributed by atoms with Gasteiger partial charge in [0.2, 0.25) is 0 Å². The molecule has 0 aliphatic rings. The smallest absolute Gasteiger partial charge is 0.0900 e. The van der Waals surface area contributed by atoms with Gasteiger partial charge in [0, 0.05) is 38.6 Å². The summed E-state index contributed by atoms with van der Waals surface area (Å²) in [5, 5.41) is 10.5. The third-order valence-electron chi connectivity index (χ3n) is 4.58. The first-order chi connectivity index (χ1) is 13.2. The van der Waals surface area contributed by atoms with Gasteiger partial charge in [0.15, 0.2) is 0 Å². The number of aliphatic hydroxyl groups excluding tert-OH is 1. The van der Waals surface area contributed by atoms with Crippen molar-refractivity contribution < 1.29 is 9.84 Å². The molecule has 0 aliphatic heterocycles. The SMILES string of the molecule is Cn1cccc1CN(Cc1ccccc1)C[C@@H](O)COCc1ccccc1. The van der Waals surface area contributed by atoms with Crippen LogP contribution in [0.2, 0.25) is 0 Å². The molecule has 0 saturated heterocycles. The molecule has 0 bridgehead atoms. The summed E-state index contributed by atoms with van der Waals surface area (Å²) in [5.74, 6) is 0. The predicted molar refractivity (Wildman–Crippen MR) is 108 cm³/mol. The summed E-state index contributed by atoms with van der Waals surface area (Å²) in [7, 11) is 2.05. The topological polar surface area (TPSA) is 37.6 Å². The van der Waals surface area contributed by atoms with Crippen LogP contribution in [0.1, 0.15) is 16.8 Å². The molecule has 27 heavy (non-hydrogen) atoms. The number of nitrogens with zero attached hydrogens (tertiary/aromatic N) is 2. The average molecular weight is 364 g/mol. The Labute approximate surface area is 161 Å². The molecule has 0 unspecified atom stereocenters. The van der Waals surface area contributed by atoms with Crippen LogP contribution in [0.3, 0.4) is 0 Å². The molecule has 4 nitrogen and oxygen atoms in total. The minimum Gasteiger partial charge on any atom is -0.389 e. The van der Waals surface area contributed by atoms with Crippen LogP contribution in [-0.2, 0) is 31.5 Å². The van der Waals surface area contributed by atoms with Gasteiger partial charge in [-0.15, -0.1) is 0 Å². The van der Waals surface area contributed by atoms with Crippen molar-refractivity contribution >= 4 is 0 Å². The van der Waals surface area contributed by atoms with Gasteiger partial charge < -0.3 is 14.4 Å². The Morgan fingerprint density at radius 2 is 1.56 bits per heavy atom. The van der Waals surface area contributed by atoms with E-state index >= 15 is 0 Å². The number of hydrogen-bond donors (Lipinski definition) is 1. The van der Waals surface area contributed by atoms with E-state index in [9.17, 15) is 5.11 Å². The second-order valence-corrected chi connectivity index (χ2v) is 6.92. The van der Waals surface area contributed by atoms with Crippen LogP contribution in [-0.4, -0.2) is 33.8 Å². The van der Waals surface area contributed by atoms with Crippen LogP contribution >= 0.6 is 0 Å². The Balaban J connectivity index is 1.55. The molecule has 1 aromatic heterocycles. The zero-order valence-corrected chi connectivity index (χ0v) is 15.9. The van der Waals surface area contributed by atoms with E-state index in [1.54, 1.807) is 0 Å². The number of hydrogen-bond acceptors (Lipinski definition) is 3. The Hall–Kier alpha value is -2.40. The molecular weight excluding hydrogens is 336 g/mol. The van der Waals surface area contributed by atoms with Gasteiger partial charge >= 0.3 is 0 Å². The van der Waals surface area contributed by atoms with E-state index in [1.165, 1.54) is 11.3 Å². The van der Waals surface area contributed by atoms with Gasteiger partial charge in [0.25, 0.3) is 0 Å². The summed E-state index contributed by atoms with van der Waals surface area (Å²) in [4.78, 5) is 2.27. The molecule has 142 valence electrons. The first-order valence-electron chi connectivity index (χ1n) is 9.37. The van der Waals surface area contributed by atoms with Crippen molar-refractivity contribution in [3.05, 3.63) is 95.8 Å². The quantitative estimate of drug-likeness (QED) is 0.597. The maximum absolute atomic E-state index is 10.5. The van der Waals surface area contributed by atoms with Crippen LogP contribution in [0.5, 0.6) is 0 Å². The highest BCUT2D eigenvalue weighted by molar-refractivity contribution is 5.15. The minimum atomic E-state index is -0.530. The maximum atomic E-state index is 10.5. The van der Waals surface area contributed by atoms with Gasteiger partial charge in [-0.05, 0) is 23.3 Å². The fourth-order valence-corrected chi connectivity index (χ4v) is 3.15. The van der Waals surface area contributed by atoms with Crippen molar-refractivity contribution in [3.8, 4) is 0 Å². The number of benzene rings is 2. The molecule has 2 aromatic carbocycles. The largest absolute Gasteiger partial charge is 0.389 e. The van der Waals surface area contributed by atoms with Crippen LogP contribution in [0.25, 0.3) is 0 Å². The summed E-state index contributed by atoms with van der Waals surface area (Å²) < 4.78 is 7.83. The minimum absolute atomic E-state index is 0.327. The predicted octanol–water partition coefficient (Wildman–Crippen LogP) is 3.61. The van der Waals surface area contributed by atoms with E-state index in [0.717, 1.165) is 18.7 Å². The first kappa shape index (κ1) is 19.4. The Morgan fingerprint density at radius 1 is 0.889 bits per heavy atom. The molecule has 0 fully saturated rings. The summed E-state index contributed by atoms with van der Waals surface area (Å²) in [6, 6.07) is 24.6. The fourth-order valence-electron chi connectivity index (χ4n) is 3.15. The molecule has 1 N–H and O–H groups in total. The van der Waals surface area contributed by atoms with Gasteiger partial charge in [-0.2, -0.15) is 0 Å².